The number of amides is 2. The molecule has 3 N–H and O–H groups in total. The highest BCUT2D eigenvalue weighted by Crippen LogP contribution is 2.33. The van der Waals surface area contributed by atoms with Crippen molar-refractivity contribution in [2.75, 3.05) is 25.0 Å². The first kappa shape index (κ1) is 15.6. The van der Waals surface area contributed by atoms with E-state index in [9.17, 15) is 4.79 Å². The Morgan fingerprint density at radius 2 is 2.26 bits per heavy atom. The summed E-state index contributed by atoms with van der Waals surface area (Å²) in [6, 6.07) is 2.12. The Morgan fingerprint density at radius 3 is 3.00 bits per heavy atom. The molecule has 0 aromatic carbocycles. The third-order valence-corrected chi connectivity index (χ3v) is 4.90. The van der Waals surface area contributed by atoms with Crippen LogP contribution in [0.1, 0.15) is 26.2 Å². The highest BCUT2D eigenvalue weighted by Gasteiger charge is 2.30. The summed E-state index contributed by atoms with van der Waals surface area (Å²) >= 11 is 0. The normalized spacial score (nSPS) is 20.8. The van der Waals surface area contributed by atoms with Gasteiger partial charge in [0.25, 0.3) is 0 Å². The molecule has 1 fully saturated rings. The lowest BCUT2D eigenvalue weighted by molar-refractivity contribution is 0.200. The molecule has 0 saturated heterocycles. The van der Waals surface area contributed by atoms with Gasteiger partial charge in [0.2, 0.25) is 0 Å². The first-order chi connectivity index (χ1) is 11.1. The van der Waals surface area contributed by atoms with Crippen LogP contribution >= 0.6 is 0 Å². The maximum absolute atomic E-state index is 11.4. The SMILES string of the molecule is CCN(CC1CCC(N(C)c2ncnc3[nH]ccc23)C1)C(N)=O. The number of aromatic nitrogens is 3. The van der Waals surface area contributed by atoms with Gasteiger partial charge in [-0.25, -0.2) is 14.8 Å². The van der Waals surface area contributed by atoms with Gasteiger partial charge in [0, 0.05) is 32.4 Å². The van der Waals surface area contributed by atoms with E-state index in [0.29, 0.717) is 18.5 Å². The molecule has 23 heavy (non-hydrogen) atoms. The van der Waals surface area contributed by atoms with Crippen molar-refractivity contribution in [3.05, 3.63) is 18.6 Å². The zero-order valence-electron chi connectivity index (χ0n) is 13.7. The second-order valence-corrected chi connectivity index (χ2v) is 6.26. The van der Waals surface area contributed by atoms with Crippen molar-refractivity contribution >= 4 is 22.9 Å². The van der Waals surface area contributed by atoms with Crippen LogP contribution in [-0.2, 0) is 0 Å². The number of hydrogen-bond donors (Lipinski definition) is 2. The van der Waals surface area contributed by atoms with Crippen LogP contribution in [0, 0.1) is 5.92 Å². The van der Waals surface area contributed by atoms with Gasteiger partial charge in [-0.2, -0.15) is 0 Å². The third-order valence-electron chi connectivity index (χ3n) is 4.90. The van der Waals surface area contributed by atoms with E-state index < -0.39 is 0 Å². The molecule has 2 amide bonds. The third kappa shape index (κ3) is 3.09. The average molecular weight is 316 g/mol. The Labute approximate surface area is 135 Å². The van der Waals surface area contributed by atoms with Crippen LogP contribution in [0.2, 0.25) is 0 Å². The molecule has 124 valence electrons. The van der Waals surface area contributed by atoms with Crippen molar-refractivity contribution in [1.29, 1.82) is 0 Å². The molecule has 2 aromatic heterocycles. The predicted molar refractivity (Wildman–Crippen MR) is 90.3 cm³/mol. The van der Waals surface area contributed by atoms with Crippen molar-refractivity contribution in [2.24, 2.45) is 11.7 Å². The van der Waals surface area contributed by atoms with Gasteiger partial charge in [0.1, 0.15) is 17.8 Å². The fourth-order valence-electron chi connectivity index (χ4n) is 3.57. The maximum atomic E-state index is 11.4. The molecule has 1 aliphatic carbocycles. The fraction of sp³-hybridized carbons (Fsp3) is 0.562. The summed E-state index contributed by atoms with van der Waals surface area (Å²) in [6.07, 6.45) is 6.76. The number of hydrogen-bond acceptors (Lipinski definition) is 4. The summed E-state index contributed by atoms with van der Waals surface area (Å²) in [5.74, 6) is 1.46. The van der Waals surface area contributed by atoms with Gasteiger partial charge in [-0.3, -0.25) is 0 Å². The molecule has 2 atom stereocenters. The van der Waals surface area contributed by atoms with E-state index in [2.05, 4.69) is 26.9 Å². The number of fused-ring (bicyclic) bond motifs is 1. The Kier molecular flexibility index (Phi) is 4.36. The minimum absolute atomic E-state index is 0.325. The van der Waals surface area contributed by atoms with E-state index in [1.54, 1.807) is 11.2 Å². The molecule has 0 bridgehead atoms. The van der Waals surface area contributed by atoms with Crippen molar-refractivity contribution in [3.8, 4) is 0 Å². The average Bonchev–Trinajstić information content (AvgIpc) is 3.20. The highest BCUT2D eigenvalue weighted by molar-refractivity contribution is 5.87. The summed E-state index contributed by atoms with van der Waals surface area (Å²) in [4.78, 5) is 27.2. The number of nitrogens with one attached hydrogen (secondary N) is 1. The quantitative estimate of drug-likeness (QED) is 0.882. The summed E-state index contributed by atoms with van der Waals surface area (Å²) < 4.78 is 0. The predicted octanol–water partition coefficient (Wildman–Crippen LogP) is 1.96. The lowest BCUT2D eigenvalue weighted by Crippen LogP contribution is -2.39. The lowest BCUT2D eigenvalue weighted by atomic mass is 10.1. The summed E-state index contributed by atoms with van der Waals surface area (Å²) in [5.41, 5.74) is 6.28. The molecule has 2 heterocycles. The number of carbonyl (C=O) groups is 1. The second-order valence-electron chi connectivity index (χ2n) is 6.26. The Balaban J connectivity index is 1.69. The van der Waals surface area contributed by atoms with E-state index in [1.165, 1.54) is 0 Å². The van der Waals surface area contributed by atoms with Crippen LogP contribution in [0.25, 0.3) is 11.0 Å². The van der Waals surface area contributed by atoms with Gasteiger partial charge < -0.3 is 20.5 Å². The van der Waals surface area contributed by atoms with Crippen LogP contribution in [-0.4, -0.2) is 52.1 Å². The lowest BCUT2D eigenvalue weighted by Gasteiger charge is -2.27. The summed E-state index contributed by atoms with van der Waals surface area (Å²) in [5, 5.41) is 1.05. The molecule has 0 spiro atoms. The largest absolute Gasteiger partial charge is 0.356 e. The topological polar surface area (TPSA) is 91.1 Å². The number of urea groups is 1. The number of primary amides is 1. The number of carbonyl (C=O) groups excluding carboxylic acids is 1. The van der Waals surface area contributed by atoms with Gasteiger partial charge in [0.05, 0.1) is 5.39 Å². The van der Waals surface area contributed by atoms with Crippen LogP contribution in [0.15, 0.2) is 18.6 Å². The molecule has 2 unspecified atom stereocenters. The summed E-state index contributed by atoms with van der Waals surface area (Å²) in [6.45, 7) is 3.38. The standard InChI is InChI=1S/C16H24N6O/c1-3-22(16(17)23)9-11-4-5-12(8-11)21(2)15-13-6-7-18-14(13)19-10-20-15/h6-7,10-12H,3-5,8-9H2,1-2H3,(H2,17,23)(H,18,19,20). The van der Waals surface area contributed by atoms with Crippen LogP contribution in [0.3, 0.4) is 0 Å². The minimum atomic E-state index is -0.325. The number of rotatable bonds is 5. The zero-order valence-corrected chi connectivity index (χ0v) is 13.7. The van der Waals surface area contributed by atoms with Crippen molar-refractivity contribution in [1.82, 2.24) is 19.9 Å². The molecule has 2 aromatic rings. The van der Waals surface area contributed by atoms with Crippen molar-refractivity contribution in [2.45, 2.75) is 32.2 Å². The smallest absolute Gasteiger partial charge is 0.314 e. The molecule has 7 heteroatoms. The first-order valence-electron chi connectivity index (χ1n) is 8.15. The van der Waals surface area contributed by atoms with Gasteiger partial charge in [-0.1, -0.05) is 0 Å². The molecular formula is C16H24N6O. The van der Waals surface area contributed by atoms with Gasteiger partial charge >= 0.3 is 6.03 Å². The molecular weight excluding hydrogens is 292 g/mol. The molecule has 3 rings (SSSR count). The van der Waals surface area contributed by atoms with Crippen LogP contribution < -0.4 is 10.6 Å². The number of H-pyrrole nitrogens is 1. The van der Waals surface area contributed by atoms with E-state index in [0.717, 1.165) is 42.7 Å². The van der Waals surface area contributed by atoms with Crippen molar-refractivity contribution in [3.63, 3.8) is 0 Å². The fourth-order valence-corrected chi connectivity index (χ4v) is 3.57. The highest BCUT2D eigenvalue weighted by atomic mass is 16.2. The maximum Gasteiger partial charge on any atom is 0.314 e. The van der Waals surface area contributed by atoms with Gasteiger partial charge in [0.15, 0.2) is 0 Å². The molecule has 1 saturated carbocycles. The number of aromatic amines is 1. The van der Waals surface area contributed by atoms with Crippen LogP contribution in [0.5, 0.6) is 0 Å². The van der Waals surface area contributed by atoms with Crippen LogP contribution in [0.4, 0.5) is 10.6 Å². The van der Waals surface area contributed by atoms with E-state index in [1.807, 2.05) is 19.2 Å². The number of anilines is 1. The second kappa shape index (κ2) is 6.44. The summed E-state index contributed by atoms with van der Waals surface area (Å²) in [7, 11) is 2.09. The number of nitrogens with two attached hydrogens (primary N) is 1. The molecule has 0 radical (unpaired) electrons. The van der Waals surface area contributed by atoms with Gasteiger partial charge in [-0.15, -0.1) is 0 Å². The molecule has 1 aliphatic rings. The first-order valence-corrected chi connectivity index (χ1v) is 8.15. The Bertz CT molecular complexity index is 684. The van der Waals surface area contributed by atoms with Gasteiger partial charge in [-0.05, 0) is 38.2 Å². The van der Waals surface area contributed by atoms with E-state index in [-0.39, 0.29) is 6.03 Å². The van der Waals surface area contributed by atoms with E-state index >= 15 is 0 Å². The Morgan fingerprint density at radius 1 is 1.43 bits per heavy atom. The monoisotopic (exact) mass is 316 g/mol. The molecule has 7 nitrogen and oxygen atoms in total. The van der Waals surface area contributed by atoms with Crippen molar-refractivity contribution < 1.29 is 4.79 Å². The Hall–Kier alpha value is -2.31. The minimum Gasteiger partial charge on any atom is -0.356 e. The number of nitrogens with zero attached hydrogens (tertiary/aromatic N) is 4. The zero-order chi connectivity index (χ0) is 16.4. The van der Waals surface area contributed by atoms with E-state index in [4.69, 9.17) is 5.73 Å². The molecule has 0 aliphatic heterocycles.